The number of pyridine rings is 1. The van der Waals surface area contributed by atoms with Gasteiger partial charge in [0.2, 0.25) is 0 Å². The molecule has 28 heavy (non-hydrogen) atoms. The second kappa shape index (κ2) is 7.53. The lowest BCUT2D eigenvalue weighted by molar-refractivity contribution is -0.211. The third-order valence-electron chi connectivity index (χ3n) is 3.98. The summed E-state index contributed by atoms with van der Waals surface area (Å²) in [5, 5.41) is 12.4. The van der Waals surface area contributed by atoms with E-state index in [0.717, 1.165) is 30.8 Å². The van der Waals surface area contributed by atoms with Crippen molar-refractivity contribution in [2.45, 2.75) is 33.1 Å². The molecule has 2 aromatic rings. The summed E-state index contributed by atoms with van der Waals surface area (Å²) >= 11 is 5.99. The third kappa shape index (κ3) is 4.34. The van der Waals surface area contributed by atoms with Crippen LogP contribution < -0.4 is 4.74 Å². The van der Waals surface area contributed by atoms with Crippen molar-refractivity contribution in [3.63, 3.8) is 0 Å². The molecular weight excluding hydrogens is 413 g/mol. The second-order valence-electron chi connectivity index (χ2n) is 6.55. The van der Waals surface area contributed by atoms with Crippen LogP contribution in [-0.4, -0.2) is 38.6 Å². The van der Waals surface area contributed by atoms with Crippen LogP contribution in [0.15, 0.2) is 12.3 Å². The van der Waals surface area contributed by atoms with Crippen LogP contribution in [0.2, 0.25) is 5.02 Å². The summed E-state index contributed by atoms with van der Waals surface area (Å²) in [4.78, 5) is 15.0. The average Bonchev–Trinajstić information content (AvgIpc) is 2.81. The van der Waals surface area contributed by atoms with E-state index in [0.29, 0.717) is 0 Å². The molecule has 0 fully saturated rings. The van der Waals surface area contributed by atoms with Gasteiger partial charge in [-0.1, -0.05) is 25.4 Å². The molecule has 0 spiro atoms. The normalized spacial score (nSPS) is 12.5. The zero-order chi connectivity index (χ0) is 21.4. The molecule has 2 heterocycles. The van der Waals surface area contributed by atoms with Gasteiger partial charge in [-0.2, -0.15) is 27.1 Å². The number of carboxylic acids is 1. The first kappa shape index (κ1) is 21.9. The fourth-order valence-electron chi connectivity index (χ4n) is 2.43. The minimum Gasteiger partial charge on any atom is -0.476 e. The van der Waals surface area contributed by atoms with Crippen molar-refractivity contribution < 1.29 is 36.6 Å². The van der Waals surface area contributed by atoms with Gasteiger partial charge in [-0.05, 0) is 0 Å². The van der Waals surface area contributed by atoms with Gasteiger partial charge in [-0.3, -0.25) is 9.67 Å². The molecule has 2 aromatic heterocycles. The number of halogens is 6. The largest absolute Gasteiger partial charge is 0.476 e. The number of carbonyl (C=O) groups is 1. The third-order valence-corrected chi connectivity index (χ3v) is 4.33. The highest BCUT2D eigenvalue weighted by atomic mass is 35.5. The highest BCUT2D eigenvalue weighted by Crippen LogP contribution is 2.42. The van der Waals surface area contributed by atoms with Crippen molar-refractivity contribution in [1.82, 2.24) is 14.8 Å². The zero-order valence-corrected chi connectivity index (χ0v) is 15.6. The summed E-state index contributed by atoms with van der Waals surface area (Å²) in [5.41, 5.74) is -3.04. The van der Waals surface area contributed by atoms with E-state index >= 15 is 0 Å². The van der Waals surface area contributed by atoms with E-state index in [1.165, 1.54) is 7.05 Å². The maximum absolute atomic E-state index is 13.1. The number of nitrogens with zero attached hydrogens (tertiary/aromatic N) is 3. The van der Waals surface area contributed by atoms with Crippen LogP contribution in [0.25, 0.3) is 11.3 Å². The Bertz CT molecular complexity index is 896. The molecule has 0 aromatic carbocycles. The van der Waals surface area contributed by atoms with Crippen LogP contribution in [0.4, 0.5) is 22.0 Å². The lowest BCUT2D eigenvalue weighted by Gasteiger charge is -2.27. The van der Waals surface area contributed by atoms with Gasteiger partial charge in [0.25, 0.3) is 0 Å². The van der Waals surface area contributed by atoms with E-state index < -0.39 is 42.0 Å². The summed E-state index contributed by atoms with van der Waals surface area (Å²) in [6, 6.07) is 0.943. The van der Waals surface area contributed by atoms with Gasteiger partial charge in [0.15, 0.2) is 5.69 Å². The topological polar surface area (TPSA) is 77.2 Å². The van der Waals surface area contributed by atoms with E-state index in [9.17, 15) is 26.7 Å². The molecule has 1 N–H and O–H groups in total. The number of rotatable bonds is 6. The fourth-order valence-corrected chi connectivity index (χ4v) is 2.77. The van der Waals surface area contributed by atoms with Crippen LogP contribution >= 0.6 is 11.6 Å². The molecule has 0 aliphatic heterocycles. The van der Waals surface area contributed by atoms with Crippen molar-refractivity contribution in [2.75, 3.05) is 0 Å². The van der Waals surface area contributed by atoms with Crippen LogP contribution in [0.5, 0.6) is 5.75 Å². The smallest absolute Gasteiger partial charge is 0.394 e. The first-order valence-electron chi connectivity index (χ1n) is 7.71. The Hall–Kier alpha value is -2.43. The Kier molecular flexibility index (Phi) is 5.88. The number of ether oxygens (including phenoxy) is 1. The van der Waals surface area contributed by atoms with Crippen molar-refractivity contribution in [1.29, 1.82) is 0 Å². The van der Waals surface area contributed by atoms with Crippen molar-refractivity contribution >= 4 is 17.6 Å². The quantitative estimate of drug-likeness (QED) is 0.683. The molecule has 6 nitrogen and oxygen atoms in total. The number of aromatic carboxylic acids is 1. The lowest BCUT2D eigenvalue weighted by Crippen LogP contribution is -2.34. The van der Waals surface area contributed by atoms with Gasteiger partial charge in [-0.25, -0.2) is 4.79 Å². The van der Waals surface area contributed by atoms with E-state index in [1.807, 2.05) is 0 Å². The number of alkyl halides is 5. The molecule has 0 unspecified atom stereocenters. The molecule has 0 aliphatic carbocycles. The molecule has 0 atom stereocenters. The summed E-state index contributed by atoms with van der Waals surface area (Å²) in [5.74, 6) is -1.94. The van der Waals surface area contributed by atoms with Gasteiger partial charge in [0.05, 0.1) is 16.7 Å². The van der Waals surface area contributed by atoms with Gasteiger partial charge < -0.3 is 9.84 Å². The van der Waals surface area contributed by atoms with Gasteiger partial charge in [0.1, 0.15) is 10.8 Å². The zero-order valence-electron chi connectivity index (χ0n) is 14.8. The van der Waals surface area contributed by atoms with Crippen molar-refractivity contribution in [3.05, 3.63) is 28.7 Å². The molecule has 0 radical (unpaired) electrons. The monoisotopic (exact) mass is 427 g/mol. The maximum Gasteiger partial charge on any atom is 0.394 e. The average molecular weight is 428 g/mol. The summed E-state index contributed by atoms with van der Waals surface area (Å²) in [7, 11) is 1.32. The van der Waals surface area contributed by atoms with Crippen LogP contribution in [0.3, 0.4) is 0 Å². The highest BCUT2D eigenvalue weighted by Gasteiger charge is 2.47. The summed E-state index contributed by atoms with van der Waals surface area (Å²) in [6.45, 7) is -1.38. The molecule has 12 heteroatoms. The number of hydrogen-bond donors (Lipinski definition) is 1. The van der Waals surface area contributed by atoms with Gasteiger partial charge in [-0.15, -0.1) is 0 Å². The standard InChI is InChI=1S/C16H15ClF5N3O3/c1-15(2,16(20,21)22)5-7-4-9(28-14(18)19)8(6-23-7)12-10(17)11(13(26)27)24-25(12)3/h4,6,14H,5H2,1-3H3,(H,26,27). The Labute approximate surface area is 160 Å². The summed E-state index contributed by atoms with van der Waals surface area (Å²) < 4.78 is 70.4. The SMILES string of the molecule is Cn1nc(C(=O)O)c(Cl)c1-c1cnc(CC(C)(C)C(F)(F)F)cc1OC(F)F. The van der Waals surface area contributed by atoms with Gasteiger partial charge >= 0.3 is 18.8 Å². The first-order chi connectivity index (χ1) is 12.7. The van der Waals surface area contributed by atoms with Crippen LogP contribution in [-0.2, 0) is 13.5 Å². The predicted molar refractivity (Wildman–Crippen MR) is 88.6 cm³/mol. The van der Waals surface area contributed by atoms with Crippen molar-refractivity contribution in [2.24, 2.45) is 12.5 Å². The molecule has 0 bridgehead atoms. The molecule has 154 valence electrons. The number of aromatic nitrogens is 3. The molecule has 0 amide bonds. The van der Waals surface area contributed by atoms with E-state index in [4.69, 9.17) is 16.7 Å². The fraction of sp³-hybridized carbons (Fsp3) is 0.438. The van der Waals surface area contributed by atoms with E-state index in [-0.39, 0.29) is 22.0 Å². The van der Waals surface area contributed by atoms with Crippen LogP contribution in [0.1, 0.15) is 30.0 Å². The predicted octanol–water partition coefficient (Wildman–Crippen LogP) is 4.57. The first-order valence-corrected chi connectivity index (χ1v) is 8.09. The molecule has 2 rings (SSSR count). The van der Waals surface area contributed by atoms with Crippen LogP contribution in [0, 0.1) is 5.41 Å². The molecule has 0 aliphatic rings. The number of hydrogen-bond acceptors (Lipinski definition) is 4. The maximum atomic E-state index is 13.1. The van der Waals surface area contributed by atoms with Gasteiger partial charge in [0, 0.05) is 31.4 Å². The number of aryl methyl sites for hydroxylation is 1. The Balaban J connectivity index is 2.57. The minimum absolute atomic E-state index is 0.0798. The lowest BCUT2D eigenvalue weighted by atomic mass is 9.86. The Morgan fingerprint density at radius 1 is 1.36 bits per heavy atom. The van der Waals surface area contributed by atoms with E-state index in [1.54, 1.807) is 0 Å². The number of carboxylic acid groups (broad SMARTS) is 1. The minimum atomic E-state index is -4.54. The van der Waals surface area contributed by atoms with E-state index in [2.05, 4.69) is 14.8 Å². The molecule has 0 saturated heterocycles. The molecular formula is C16H15ClF5N3O3. The highest BCUT2D eigenvalue weighted by molar-refractivity contribution is 6.35. The summed E-state index contributed by atoms with van der Waals surface area (Å²) in [6.07, 6.45) is -4.14. The Morgan fingerprint density at radius 2 is 1.96 bits per heavy atom. The molecule has 0 saturated carbocycles. The van der Waals surface area contributed by atoms with Crippen molar-refractivity contribution in [3.8, 4) is 17.0 Å². The Morgan fingerprint density at radius 3 is 2.43 bits per heavy atom. The second-order valence-corrected chi connectivity index (χ2v) is 6.93.